The summed E-state index contributed by atoms with van der Waals surface area (Å²) in [6, 6.07) is 6.33. The van der Waals surface area contributed by atoms with Crippen LogP contribution in [0.4, 0.5) is 4.39 Å². The van der Waals surface area contributed by atoms with Crippen molar-refractivity contribution in [2.45, 2.75) is 24.0 Å². The maximum atomic E-state index is 13.2. The standard InChI is InChI=1S/C11H12ClFO2/c1-14-11-7(12)6-10(11)15-9-5-3-2-4-8(9)13/h2-5,7,10-11H,6H2,1H3. The molecular formula is C11H12ClFO2. The van der Waals surface area contributed by atoms with Crippen molar-refractivity contribution < 1.29 is 13.9 Å². The topological polar surface area (TPSA) is 18.5 Å². The smallest absolute Gasteiger partial charge is 0.165 e. The molecule has 2 rings (SSSR count). The van der Waals surface area contributed by atoms with Gasteiger partial charge in [0.25, 0.3) is 0 Å². The van der Waals surface area contributed by atoms with Crippen LogP contribution in [0.2, 0.25) is 0 Å². The van der Waals surface area contributed by atoms with Crippen LogP contribution in [-0.4, -0.2) is 24.7 Å². The van der Waals surface area contributed by atoms with E-state index in [-0.39, 0.29) is 29.2 Å². The lowest BCUT2D eigenvalue weighted by Crippen LogP contribution is -2.52. The minimum Gasteiger partial charge on any atom is -0.485 e. The molecule has 0 aromatic heterocycles. The molecule has 3 unspecified atom stereocenters. The lowest BCUT2D eigenvalue weighted by molar-refractivity contribution is -0.0596. The van der Waals surface area contributed by atoms with Crippen LogP contribution >= 0.6 is 11.6 Å². The lowest BCUT2D eigenvalue weighted by Gasteiger charge is -2.39. The fourth-order valence-electron chi connectivity index (χ4n) is 1.65. The van der Waals surface area contributed by atoms with E-state index >= 15 is 0 Å². The number of rotatable bonds is 3. The van der Waals surface area contributed by atoms with Gasteiger partial charge in [0.05, 0.1) is 5.38 Å². The summed E-state index contributed by atoms with van der Waals surface area (Å²) in [6.45, 7) is 0. The van der Waals surface area contributed by atoms with Gasteiger partial charge in [0, 0.05) is 13.5 Å². The maximum Gasteiger partial charge on any atom is 0.165 e. The maximum absolute atomic E-state index is 13.2. The molecule has 82 valence electrons. The Bertz CT molecular complexity index is 345. The molecule has 0 aliphatic heterocycles. The summed E-state index contributed by atoms with van der Waals surface area (Å²) >= 11 is 5.92. The summed E-state index contributed by atoms with van der Waals surface area (Å²) in [5, 5.41) is -0.0354. The Kier molecular flexibility index (Phi) is 3.12. The first-order chi connectivity index (χ1) is 7.22. The van der Waals surface area contributed by atoms with E-state index in [4.69, 9.17) is 21.1 Å². The molecule has 1 aromatic rings. The van der Waals surface area contributed by atoms with Gasteiger partial charge in [-0.25, -0.2) is 4.39 Å². The van der Waals surface area contributed by atoms with Crippen molar-refractivity contribution in [1.29, 1.82) is 0 Å². The van der Waals surface area contributed by atoms with Gasteiger partial charge < -0.3 is 9.47 Å². The zero-order chi connectivity index (χ0) is 10.8. The molecule has 0 spiro atoms. The largest absolute Gasteiger partial charge is 0.485 e. The monoisotopic (exact) mass is 230 g/mol. The van der Waals surface area contributed by atoms with Crippen molar-refractivity contribution in [3.05, 3.63) is 30.1 Å². The van der Waals surface area contributed by atoms with E-state index in [0.717, 1.165) is 0 Å². The second kappa shape index (κ2) is 4.37. The molecule has 15 heavy (non-hydrogen) atoms. The highest BCUT2D eigenvalue weighted by atomic mass is 35.5. The zero-order valence-corrected chi connectivity index (χ0v) is 9.08. The molecule has 3 atom stereocenters. The van der Waals surface area contributed by atoms with Crippen LogP contribution in [0, 0.1) is 5.82 Å². The summed E-state index contributed by atoms with van der Waals surface area (Å²) in [5.41, 5.74) is 0. The van der Waals surface area contributed by atoms with E-state index in [1.54, 1.807) is 25.3 Å². The van der Waals surface area contributed by atoms with Crippen molar-refractivity contribution in [3.63, 3.8) is 0 Å². The molecule has 0 saturated heterocycles. The van der Waals surface area contributed by atoms with Gasteiger partial charge in [-0.1, -0.05) is 12.1 Å². The third-order valence-electron chi connectivity index (χ3n) is 2.57. The van der Waals surface area contributed by atoms with Gasteiger partial charge in [-0.2, -0.15) is 0 Å². The SMILES string of the molecule is COC1C(Cl)CC1Oc1ccccc1F. The Labute approximate surface area is 92.9 Å². The molecule has 0 radical (unpaired) electrons. The number of methoxy groups -OCH3 is 1. The van der Waals surface area contributed by atoms with Crippen LogP contribution in [0.15, 0.2) is 24.3 Å². The molecule has 1 fully saturated rings. The van der Waals surface area contributed by atoms with E-state index in [1.807, 2.05) is 0 Å². The van der Waals surface area contributed by atoms with Crippen molar-refractivity contribution in [1.82, 2.24) is 0 Å². The van der Waals surface area contributed by atoms with Crippen molar-refractivity contribution in [2.75, 3.05) is 7.11 Å². The highest BCUT2D eigenvalue weighted by Gasteiger charge is 2.42. The van der Waals surface area contributed by atoms with Gasteiger partial charge in [-0.3, -0.25) is 0 Å². The van der Waals surface area contributed by atoms with Crippen LogP contribution in [0.1, 0.15) is 6.42 Å². The molecule has 1 aliphatic carbocycles. The lowest BCUT2D eigenvalue weighted by atomic mass is 9.91. The summed E-state index contributed by atoms with van der Waals surface area (Å²) < 4.78 is 23.9. The van der Waals surface area contributed by atoms with Gasteiger partial charge in [-0.15, -0.1) is 11.6 Å². The molecule has 2 nitrogen and oxygen atoms in total. The molecular weight excluding hydrogens is 219 g/mol. The zero-order valence-electron chi connectivity index (χ0n) is 8.32. The van der Waals surface area contributed by atoms with Crippen LogP contribution in [0.25, 0.3) is 0 Å². The highest BCUT2D eigenvalue weighted by molar-refractivity contribution is 6.21. The Morgan fingerprint density at radius 3 is 2.73 bits per heavy atom. The Hall–Kier alpha value is -0.800. The molecule has 0 heterocycles. The molecule has 0 N–H and O–H groups in total. The van der Waals surface area contributed by atoms with Gasteiger partial charge >= 0.3 is 0 Å². The average molecular weight is 231 g/mol. The van der Waals surface area contributed by atoms with E-state index in [9.17, 15) is 4.39 Å². The number of benzene rings is 1. The third kappa shape index (κ3) is 2.08. The summed E-state index contributed by atoms with van der Waals surface area (Å²) in [5.74, 6) is -0.0986. The molecule has 4 heteroatoms. The summed E-state index contributed by atoms with van der Waals surface area (Å²) in [4.78, 5) is 0. The van der Waals surface area contributed by atoms with Gasteiger partial charge in [0.1, 0.15) is 12.2 Å². The fraction of sp³-hybridized carbons (Fsp3) is 0.455. The fourth-order valence-corrected chi connectivity index (χ4v) is 2.09. The second-order valence-electron chi connectivity index (χ2n) is 3.54. The second-order valence-corrected chi connectivity index (χ2v) is 4.10. The first kappa shape index (κ1) is 10.7. The highest BCUT2D eigenvalue weighted by Crippen LogP contribution is 2.33. The van der Waals surface area contributed by atoms with Crippen molar-refractivity contribution >= 4 is 11.6 Å². The van der Waals surface area contributed by atoms with Crippen LogP contribution in [-0.2, 0) is 4.74 Å². The number of ether oxygens (including phenoxy) is 2. The molecule has 0 amide bonds. The first-order valence-electron chi connectivity index (χ1n) is 4.80. The number of para-hydroxylation sites is 1. The third-order valence-corrected chi connectivity index (χ3v) is 2.99. The Morgan fingerprint density at radius 2 is 2.13 bits per heavy atom. The number of halogens is 2. The van der Waals surface area contributed by atoms with Crippen LogP contribution in [0.5, 0.6) is 5.75 Å². The molecule has 1 aliphatic rings. The van der Waals surface area contributed by atoms with E-state index in [1.165, 1.54) is 6.07 Å². The van der Waals surface area contributed by atoms with Crippen LogP contribution < -0.4 is 4.74 Å². The van der Waals surface area contributed by atoms with E-state index in [2.05, 4.69) is 0 Å². The Balaban J connectivity index is 2.01. The normalized spacial score (nSPS) is 29.7. The average Bonchev–Trinajstić information content (AvgIpc) is 2.20. The minimum atomic E-state index is -0.356. The predicted molar refractivity (Wildman–Crippen MR) is 55.9 cm³/mol. The van der Waals surface area contributed by atoms with E-state index in [0.29, 0.717) is 6.42 Å². The predicted octanol–water partition coefficient (Wildman–Crippen LogP) is 2.60. The first-order valence-corrected chi connectivity index (χ1v) is 5.24. The minimum absolute atomic E-state index is 0.0354. The van der Waals surface area contributed by atoms with Crippen molar-refractivity contribution in [2.24, 2.45) is 0 Å². The number of alkyl halides is 1. The molecule has 0 bridgehead atoms. The quantitative estimate of drug-likeness (QED) is 0.744. The molecule has 1 aromatic carbocycles. The molecule has 1 saturated carbocycles. The summed E-state index contributed by atoms with van der Waals surface area (Å²) in [7, 11) is 1.58. The van der Waals surface area contributed by atoms with Gasteiger partial charge in [0.2, 0.25) is 0 Å². The summed E-state index contributed by atoms with van der Waals surface area (Å²) in [6.07, 6.45) is 0.398. The van der Waals surface area contributed by atoms with Gasteiger partial charge in [0.15, 0.2) is 11.6 Å². The van der Waals surface area contributed by atoms with Gasteiger partial charge in [-0.05, 0) is 12.1 Å². The van der Waals surface area contributed by atoms with Crippen molar-refractivity contribution in [3.8, 4) is 5.75 Å². The Morgan fingerprint density at radius 1 is 1.40 bits per heavy atom. The number of hydrogen-bond donors (Lipinski definition) is 0. The van der Waals surface area contributed by atoms with E-state index < -0.39 is 0 Å². The number of hydrogen-bond acceptors (Lipinski definition) is 2. The van der Waals surface area contributed by atoms with Crippen LogP contribution in [0.3, 0.4) is 0 Å².